The molecule has 0 saturated heterocycles. The van der Waals surface area contributed by atoms with E-state index in [0.29, 0.717) is 15.6 Å². The van der Waals surface area contributed by atoms with Crippen molar-refractivity contribution in [3.8, 4) is 6.07 Å². The lowest BCUT2D eigenvalue weighted by molar-refractivity contribution is 1.42. The first-order chi connectivity index (χ1) is 8.61. The Morgan fingerprint density at radius 1 is 1.11 bits per heavy atom. The van der Waals surface area contributed by atoms with Gasteiger partial charge in [0.25, 0.3) is 0 Å². The highest BCUT2D eigenvalue weighted by molar-refractivity contribution is 6.33. The van der Waals surface area contributed by atoms with E-state index >= 15 is 0 Å². The van der Waals surface area contributed by atoms with E-state index in [2.05, 4.69) is 5.32 Å². The van der Waals surface area contributed by atoms with Crippen LogP contribution in [0.2, 0.25) is 10.0 Å². The maximum Gasteiger partial charge on any atom is 0.101 e. The third-order valence-corrected chi connectivity index (χ3v) is 3.21. The van der Waals surface area contributed by atoms with Crippen molar-refractivity contribution in [1.29, 1.82) is 5.26 Å². The van der Waals surface area contributed by atoms with Crippen LogP contribution in [0.5, 0.6) is 0 Å². The number of nitriles is 1. The van der Waals surface area contributed by atoms with E-state index in [1.807, 2.05) is 31.2 Å². The summed E-state index contributed by atoms with van der Waals surface area (Å²) in [5, 5.41) is 13.1. The number of nitrogens with one attached hydrogen (secondary N) is 1. The Bertz CT molecular complexity index is 610. The fourth-order valence-electron chi connectivity index (χ4n) is 1.62. The van der Waals surface area contributed by atoms with Gasteiger partial charge in [0.2, 0.25) is 0 Å². The summed E-state index contributed by atoms with van der Waals surface area (Å²) in [6, 6.07) is 12.9. The number of nitrogens with zero attached hydrogens (tertiary/aromatic N) is 1. The van der Waals surface area contributed by atoms with Crippen LogP contribution in [0.1, 0.15) is 11.1 Å². The van der Waals surface area contributed by atoms with Gasteiger partial charge in [-0.1, -0.05) is 35.3 Å². The lowest BCUT2D eigenvalue weighted by Gasteiger charge is -2.11. The smallest absolute Gasteiger partial charge is 0.101 e. The SMILES string of the molecule is Cc1cccc(Cl)c1Nc1ccc(C#N)c(Cl)c1. The maximum absolute atomic E-state index is 8.81. The molecule has 2 rings (SSSR count). The fraction of sp³-hybridized carbons (Fsp3) is 0.0714. The molecule has 2 nitrogen and oxygen atoms in total. The molecule has 0 fully saturated rings. The summed E-state index contributed by atoms with van der Waals surface area (Å²) >= 11 is 12.1. The van der Waals surface area contributed by atoms with Crippen LogP contribution in [0.3, 0.4) is 0 Å². The van der Waals surface area contributed by atoms with Gasteiger partial charge in [-0.2, -0.15) is 5.26 Å². The molecule has 2 aromatic carbocycles. The van der Waals surface area contributed by atoms with Crippen LogP contribution in [0, 0.1) is 18.3 Å². The van der Waals surface area contributed by atoms with E-state index in [0.717, 1.165) is 16.9 Å². The summed E-state index contributed by atoms with van der Waals surface area (Å²) in [6.07, 6.45) is 0. The van der Waals surface area contributed by atoms with Gasteiger partial charge in [0, 0.05) is 5.69 Å². The molecular formula is C14H10Cl2N2. The molecule has 0 saturated carbocycles. The molecule has 0 heterocycles. The minimum Gasteiger partial charge on any atom is -0.354 e. The van der Waals surface area contributed by atoms with E-state index in [9.17, 15) is 0 Å². The molecule has 1 N–H and O–H groups in total. The average Bonchev–Trinajstić information content (AvgIpc) is 2.34. The summed E-state index contributed by atoms with van der Waals surface area (Å²) < 4.78 is 0. The molecule has 2 aromatic rings. The Hall–Kier alpha value is -1.69. The molecule has 0 aliphatic rings. The molecule has 90 valence electrons. The lowest BCUT2D eigenvalue weighted by Crippen LogP contribution is -1.94. The van der Waals surface area contributed by atoms with Crippen molar-refractivity contribution in [2.45, 2.75) is 6.92 Å². The van der Waals surface area contributed by atoms with Gasteiger partial charge in [0.15, 0.2) is 0 Å². The molecule has 0 aliphatic carbocycles. The molecule has 18 heavy (non-hydrogen) atoms. The Labute approximate surface area is 116 Å². The summed E-state index contributed by atoms with van der Waals surface area (Å²) in [5.41, 5.74) is 3.15. The second-order valence-corrected chi connectivity index (χ2v) is 4.68. The second-order valence-electron chi connectivity index (χ2n) is 3.86. The van der Waals surface area contributed by atoms with Gasteiger partial charge in [0.1, 0.15) is 6.07 Å². The first kappa shape index (κ1) is 12.8. The van der Waals surface area contributed by atoms with Crippen molar-refractivity contribution < 1.29 is 0 Å². The average molecular weight is 277 g/mol. The third-order valence-electron chi connectivity index (χ3n) is 2.58. The minimum absolute atomic E-state index is 0.423. The third kappa shape index (κ3) is 2.59. The summed E-state index contributed by atoms with van der Waals surface area (Å²) in [4.78, 5) is 0. The largest absolute Gasteiger partial charge is 0.354 e. The van der Waals surface area contributed by atoms with E-state index in [4.69, 9.17) is 28.5 Å². The fourth-order valence-corrected chi connectivity index (χ4v) is 2.11. The van der Waals surface area contributed by atoms with E-state index < -0.39 is 0 Å². The molecule has 0 bridgehead atoms. The van der Waals surface area contributed by atoms with Crippen LogP contribution < -0.4 is 5.32 Å². The van der Waals surface area contributed by atoms with Crippen LogP contribution in [-0.4, -0.2) is 0 Å². The Balaban J connectivity index is 2.35. The number of aryl methyl sites for hydroxylation is 1. The number of hydrogen-bond donors (Lipinski definition) is 1. The highest BCUT2D eigenvalue weighted by Crippen LogP contribution is 2.30. The zero-order valence-corrected chi connectivity index (χ0v) is 11.2. The first-order valence-corrected chi connectivity index (χ1v) is 6.09. The van der Waals surface area contributed by atoms with Crippen LogP contribution in [-0.2, 0) is 0 Å². The van der Waals surface area contributed by atoms with Gasteiger partial charge in [-0.15, -0.1) is 0 Å². The molecular weight excluding hydrogens is 267 g/mol. The Kier molecular flexibility index (Phi) is 3.76. The van der Waals surface area contributed by atoms with E-state index in [-0.39, 0.29) is 0 Å². The maximum atomic E-state index is 8.81. The van der Waals surface area contributed by atoms with Crippen molar-refractivity contribution in [2.75, 3.05) is 5.32 Å². The van der Waals surface area contributed by atoms with Crippen molar-refractivity contribution in [2.24, 2.45) is 0 Å². The standard InChI is InChI=1S/C14H10Cl2N2/c1-9-3-2-4-12(15)14(9)18-11-6-5-10(8-17)13(16)7-11/h2-7,18H,1H3. The Morgan fingerprint density at radius 2 is 1.89 bits per heavy atom. The molecule has 0 spiro atoms. The highest BCUT2D eigenvalue weighted by atomic mass is 35.5. The number of hydrogen-bond acceptors (Lipinski definition) is 2. The summed E-state index contributed by atoms with van der Waals surface area (Å²) in [5.74, 6) is 0. The second kappa shape index (κ2) is 5.30. The van der Waals surface area contributed by atoms with Gasteiger partial charge in [0.05, 0.1) is 21.3 Å². The molecule has 0 aromatic heterocycles. The van der Waals surface area contributed by atoms with Crippen molar-refractivity contribution in [3.63, 3.8) is 0 Å². The predicted molar refractivity (Wildman–Crippen MR) is 75.6 cm³/mol. The van der Waals surface area contributed by atoms with E-state index in [1.165, 1.54) is 0 Å². The molecule has 0 atom stereocenters. The van der Waals surface area contributed by atoms with Gasteiger partial charge in [-0.3, -0.25) is 0 Å². The van der Waals surface area contributed by atoms with Gasteiger partial charge in [-0.05, 0) is 36.8 Å². The van der Waals surface area contributed by atoms with Gasteiger partial charge < -0.3 is 5.32 Å². The minimum atomic E-state index is 0.423. The molecule has 0 aliphatic heterocycles. The monoisotopic (exact) mass is 276 g/mol. The van der Waals surface area contributed by atoms with E-state index in [1.54, 1.807) is 18.2 Å². The zero-order valence-electron chi connectivity index (χ0n) is 9.67. The number of rotatable bonds is 2. The topological polar surface area (TPSA) is 35.8 Å². The highest BCUT2D eigenvalue weighted by Gasteiger charge is 2.06. The number of para-hydroxylation sites is 1. The Morgan fingerprint density at radius 3 is 2.50 bits per heavy atom. The predicted octanol–water partition coefficient (Wildman–Crippen LogP) is 4.92. The van der Waals surface area contributed by atoms with Gasteiger partial charge in [-0.25, -0.2) is 0 Å². The number of benzene rings is 2. The molecule has 0 unspecified atom stereocenters. The van der Waals surface area contributed by atoms with Crippen LogP contribution in [0.25, 0.3) is 0 Å². The first-order valence-electron chi connectivity index (χ1n) is 5.33. The summed E-state index contributed by atoms with van der Waals surface area (Å²) in [7, 11) is 0. The molecule has 0 radical (unpaired) electrons. The molecule has 4 heteroatoms. The van der Waals surface area contributed by atoms with Crippen LogP contribution in [0.4, 0.5) is 11.4 Å². The summed E-state index contributed by atoms with van der Waals surface area (Å²) in [6.45, 7) is 1.97. The van der Waals surface area contributed by atoms with Crippen molar-refractivity contribution in [3.05, 3.63) is 57.6 Å². The quantitative estimate of drug-likeness (QED) is 0.845. The van der Waals surface area contributed by atoms with Crippen molar-refractivity contribution in [1.82, 2.24) is 0 Å². The molecule has 0 amide bonds. The zero-order chi connectivity index (χ0) is 13.1. The number of halogens is 2. The van der Waals surface area contributed by atoms with Gasteiger partial charge >= 0.3 is 0 Å². The van der Waals surface area contributed by atoms with Crippen LogP contribution in [0.15, 0.2) is 36.4 Å². The van der Waals surface area contributed by atoms with Crippen molar-refractivity contribution >= 4 is 34.6 Å². The number of anilines is 2. The lowest BCUT2D eigenvalue weighted by atomic mass is 10.1. The normalized spacial score (nSPS) is 9.89. The van der Waals surface area contributed by atoms with Crippen LogP contribution >= 0.6 is 23.2 Å².